The molecule has 1 aromatic carbocycles. The summed E-state index contributed by atoms with van der Waals surface area (Å²) in [5.41, 5.74) is -1.10. The Bertz CT molecular complexity index is 864. The first kappa shape index (κ1) is 25.5. The third-order valence-electron chi connectivity index (χ3n) is 3.57. The topological polar surface area (TPSA) is 125 Å². The van der Waals surface area contributed by atoms with Crippen molar-refractivity contribution in [3.63, 3.8) is 0 Å². The lowest BCUT2D eigenvalue weighted by Gasteiger charge is -2.26. The highest BCUT2D eigenvalue weighted by atomic mass is 32.2. The molecule has 0 spiro atoms. The Morgan fingerprint density at radius 2 is 1.70 bits per heavy atom. The molecular formula is C17H21F3O9S. The van der Waals surface area contributed by atoms with Crippen LogP contribution in [-0.2, 0) is 24.4 Å². The van der Waals surface area contributed by atoms with Gasteiger partial charge in [-0.15, -0.1) is 13.2 Å². The summed E-state index contributed by atoms with van der Waals surface area (Å²) in [7, 11) is -4.32. The van der Waals surface area contributed by atoms with Gasteiger partial charge in [0.05, 0.1) is 5.56 Å². The van der Waals surface area contributed by atoms with Gasteiger partial charge in [0.2, 0.25) is 0 Å². The van der Waals surface area contributed by atoms with Crippen LogP contribution in [0.25, 0.3) is 0 Å². The molecule has 0 atom stereocenters. The highest BCUT2D eigenvalue weighted by Gasteiger charge is 2.33. The van der Waals surface area contributed by atoms with Crippen LogP contribution >= 0.6 is 0 Å². The molecule has 0 saturated carbocycles. The first-order valence-corrected chi connectivity index (χ1v) is 10.1. The molecule has 0 amide bonds. The number of carbonyl (C=O) groups excluding carboxylic acids is 2. The molecule has 0 aliphatic carbocycles. The number of alkyl halides is 3. The smallest absolute Gasteiger partial charge is 0.484 e. The average Bonchev–Trinajstić information content (AvgIpc) is 2.58. The van der Waals surface area contributed by atoms with Gasteiger partial charge in [0, 0.05) is 0 Å². The number of carbonyl (C=O) groups is 2. The number of hydrogen-bond acceptors (Lipinski definition) is 8. The number of esters is 2. The lowest BCUT2D eigenvalue weighted by atomic mass is 10.1. The van der Waals surface area contributed by atoms with Crippen LogP contribution in [0.2, 0.25) is 0 Å². The average molecular weight is 458 g/mol. The largest absolute Gasteiger partial charge is 0.573 e. The van der Waals surface area contributed by atoms with Crippen molar-refractivity contribution < 1.29 is 54.7 Å². The number of ether oxygens (including phenoxy) is 4. The Hall–Kier alpha value is -2.54. The Morgan fingerprint density at radius 1 is 1.07 bits per heavy atom. The molecule has 0 aliphatic rings. The van der Waals surface area contributed by atoms with E-state index in [0.717, 1.165) is 18.2 Å². The monoisotopic (exact) mass is 458 g/mol. The van der Waals surface area contributed by atoms with Crippen LogP contribution in [0.1, 0.15) is 37.6 Å². The lowest BCUT2D eigenvalue weighted by Crippen LogP contribution is -2.28. The van der Waals surface area contributed by atoms with Crippen LogP contribution < -0.4 is 9.47 Å². The zero-order valence-corrected chi connectivity index (χ0v) is 17.1. The van der Waals surface area contributed by atoms with E-state index in [4.69, 9.17) is 9.29 Å². The summed E-state index contributed by atoms with van der Waals surface area (Å²) in [5.74, 6) is -4.01. The number of hydrogen-bond donors (Lipinski definition) is 1. The first-order valence-electron chi connectivity index (χ1n) is 8.48. The van der Waals surface area contributed by atoms with E-state index in [1.807, 2.05) is 0 Å². The molecule has 0 aliphatic heterocycles. The maximum atomic E-state index is 12.6. The highest BCUT2D eigenvalue weighted by Crippen LogP contribution is 2.36. The molecule has 0 fully saturated rings. The van der Waals surface area contributed by atoms with Gasteiger partial charge in [-0.05, 0) is 38.5 Å². The summed E-state index contributed by atoms with van der Waals surface area (Å²) in [6.45, 7) is 3.45. The number of benzene rings is 1. The minimum atomic E-state index is -4.98. The molecule has 9 nitrogen and oxygen atoms in total. The van der Waals surface area contributed by atoms with Gasteiger partial charge in [-0.2, -0.15) is 8.42 Å². The molecule has 30 heavy (non-hydrogen) atoms. The van der Waals surface area contributed by atoms with E-state index < -0.39 is 58.7 Å². The van der Waals surface area contributed by atoms with Crippen LogP contribution in [0.3, 0.4) is 0 Å². The van der Waals surface area contributed by atoms with Crippen molar-refractivity contribution in [3.05, 3.63) is 23.8 Å². The third kappa shape index (κ3) is 9.78. The Balaban J connectivity index is 2.87. The Kier molecular flexibility index (Phi) is 8.48. The Labute approximate surface area is 170 Å². The minimum absolute atomic E-state index is 0.225. The van der Waals surface area contributed by atoms with Gasteiger partial charge < -0.3 is 18.9 Å². The maximum absolute atomic E-state index is 12.6. The summed E-state index contributed by atoms with van der Waals surface area (Å²) < 4.78 is 85.9. The van der Waals surface area contributed by atoms with E-state index in [0.29, 0.717) is 6.42 Å². The third-order valence-corrected chi connectivity index (χ3v) is 4.25. The molecule has 0 radical (unpaired) electrons. The van der Waals surface area contributed by atoms with E-state index in [-0.39, 0.29) is 11.3 Å². The van der Waals surface area contributed by atoms with Crippen molar-refractivity contribution in [2.24, 2.45) is 0 Å². The van der Waals surface area contributed by atoms with Gasteiger partial charge in [-0.3, -0.25) is 4.55 Å². The minimum Gasteiger partial charge on any atom is -0.484 e. The van der Waals surface area contributed by atoms with Crippen molar-refractivity contribution in [1.82, 2.24) is 0 Å². The molecule has 1 N–H and O–H groups in total. The Morgan fingerprint density at radius 3 is 2.23 bits per heavy atom. The van der Waals surface area contributed by atoms with Gasteiger partial charge in [0.25, 0.3) is 10.1 Å². The van der Waals surface area contributed by atoms with Crippen LogP contribution in [0.4, 0.5) is 13.2 Å². The van der Waals surface area contributed by atoms with Gasteiger partial charge in [-0.25, -0.2) is 9.59 Å². The lowest BCUT2D eigenvalue weighted by molar-refractivity contribution is -0.275. The maximum Gasteiger partial charge on any atom is 0.573 e. The van der Waals surface area contributed by atoms with E-state index in [2.05, 4.69) is 14.2 Å². The van der Waals surface area contributed by atoms with Crippen LogP contribution in [-0.4, -0.2) is 55.8 Å². The molecule has 0 aromatic heterocycles. The predicted octanol–water partition coefficient (Wildman–Crippen LogP) is 2.74. The molecule has 0 heterocycles. The van der Waals surface area contributed by atoms with E-state index in [9.17, 15) is 31.2 Å². The van der Waals surface area contributed by atoms with Crippen molar-refractivity contribution >= 4 is 22.1 Å². The molecule has 170 valence electrons. The van der Waals surface area contributed by atoms with Crippen molar-refractivity contribution in [2.45, 2.75) is 39.2 Å². The van der Waals surface area contributed by atoms with Gasteiger partial charge >= 0.3 is 18.3 Å². The standard InChI is InChI=1S/C17H21F3O9S/c1-4-16(2,3)28-13-9-11(5-6-12(13)29-17(18,19)20)15(22)27-10-14(21)26-7-8-30(23,24)25/h5-6,9H,4,7-8,10H2,1-3H3,(H,23,24,25). The van der Waals surface area contributed by atoms with E-state index in [1.54, 1.807) is 20.8 Å². The van der Waals surface area contributed by atoms with Crippen molar-refractivity contribution in [3.8, 4) is 11.5 Å². The predicted molar refractivity (Wildman–Crippen MR) is 95.8 cm³/mol. The highest BCUT2D eigenvalue weighted by molar-refractivity contribution is 7.85. The van der Waals surface area contributed by atoms with Crippen LogP contribution in [0.5, 0.6) is 11.5 Å². The summed E-state index contributed by atoms with van der Waals surface area (Å²) in [5, 5.41) is 0. The fourth-order valence-corrected chi connectivity index (χ4v) is 2.10. The van der Waals surface area contributed by atoms with Gasteiger partial charge in [0.15, 0.2) is 18.1 Å². The van der Waals surface area contributed by atoms with Gasteiger partial charge in [-0.1, -0.05) is 6.92 Å². The molecule has 0 saturated heterocycles. The SMILES string of the molecule is CCC(C)(C)Oc1cc(C(=O)OCC(=O)OCCS(=O)(=O)O)ccc1OC(F)(F)F. The fourth-order valence-electron chi connectivity index (χ4n) is 1.80. The number of halogens is 3. The van der Waals surface area contributed by atoms with Crippen molar-refractivity contribution in [1.29, 1.82) is 0 Å². The zero-order valence-electron chi connectivity index (χ0n) is 16.3. The van der Waals surface area contributed by atoms with E-state index >= 15 is 0 Å². The molecule has 1 aromatic rings. The molecule has 0 bridgehead atoms. The van der Waals surface area contributed by atoms with Crippen LogP contribution in [0, 0.1) is 0 Å². The summed E-state index contributed by atoms with van der Waals surface area (Å²) >= 11 is 0. The second-order valence-electron chi connectivity index (χ2n) is 6.51. The molecule has 0 unspecified atom stereocenters. The normalized spacial score (nSPS) is 12.2. The molecular weight excluding hydrogens is 437 g/mol. The second-order valence-corrected chi connectivity index (χ2v) is 8.08. The van der Waals surface area contributed by atoms with Gasteiger partial charge in [0.1, 0.15) is 18.0 Å². The first-order chi connectivity index (χ1) is 13.6. The summed E-state index contributed by atoms with van der Waals surface area (Å²) in [6, 6.07) is 2.83. The zero-order chi connectivity index (χ0) is 23.2. The number of rotatable bonds is 10. The van der Waals surface area contributed by atoms with Crippen LogP contribution in [0.15, 0.2) is 18.2 Å². The fraction of sp³-hybridized carbons (Fsp3) is 0.529. The van der Waals surface area contributed by atoms with E-state index in [1.165, 1.54) is 0 Å². The summed E-state index contributed by atoms with van der Waals surface area (Å²) in [6.07, 6.45) is -4.55. The second kappa shape index (κ2) is 9.98. The molecule has 13 heteroatoms. The van der Waals surface area contributed by atoms with Crippen molar-refractivity contribution in [2.75, 3.05) is 19.0 Å². The summed E-state index contributed by atoms with van der Waals surface area (Å²) in [4.78, 5) is 23.5. The quantitative estimate of drug-likeness (QED) is 0.416. The molecule has 1 rings (SSSR count).